The number of ether oxygens (including phenoxy) is 1. The standard InChI is InChI=1S/C12H6BrClFNO3/c13-8-3-6(1-2-10(8)15)19-11-4-7(12(17)18)9(14)5-16-11/h1-5H,(H,17,18). The average molecular weight is 347 g/mol. The van der Waals surface area contributed by atoms with E-state index in [1.54, 1.807) is 0 Å². The lowest BCUT2D eigenvalue weighted by Crippen LogP contribution is -1.99. The van der Waals surface area contributed by atoms with Crippen molar-refractivity contribution < 1.29 is 19.0 Å². The topological polar surface area (TPSA) is 59.4 Å². The maximum Gasteiger partial charge on any atom is 0.337 e. The lowest BCUT2D eigenvalue weighted by atomic mass is 10.2. The van der Waals surface area contributed by atoms with Crippen LogP contribution in [0.15, 0.2) is 34.9 Å². The molecular formula is C12H6BrClFNO3. The summed E-state index contributed by atoms with van der Waals surface area (Å²) in [5.74, 6) is -1.24. The molecule has 0 saturated carbocycles. The number of hydrogen-bond donors (Lipinski definition) is 1. The minimum atomic E-state index is -1.18. The number of nitrogens with zero attached hydrogens (tertiary/aromatic N) is 1. The number of aromatic carboxylic acids is 1. The normalized spacial score (nSPS) is 10.3. The fourth-order valence-corrected chi connectivity index (χ4v) is 1.84. The third-order valence-corrected chi connectivity index (χ3v) is 3.08. The fraction of sp³-hybridized carbons (Fsp3) is 0. The first-order chi connectivity index (χ1) is 8.97. The Labute approximate surface area is 120 Å². The molecule has 1 N–H and O–H groups in total. The SMILES string of the molecule is O=C(O)c1cc(Oc2ccc(F)c(Br)c2)ncc1Cl. The van der Waals surface area contributed by atoms with Crippen molar-refractivity contribution in [3.05, 3.63) is 51.3 Å². The number of carbonyl (C=O) groups is 1. The van der Waals surface area contributed by atoms with Crippen LogP contribution >= 0.6 is 27.5 Å². The van der Waals surface area contributed by atoms with Crippen LogP contribution in [0.5, 0.6) is 11.6 Å². The Kier molecular flexibility index (Phi) is 4.01. The van der Waals surface area contributed by atoms with Crippen LogP contribution < -0.4 is 4.74 Å². The van der Waals surface area contributed by atoms with Gasteiger partial charge >= 0.3 is 5.97 Å². The third-order valence-electron chi connectivity index (χ3n) is 2.17. The van der Waals surface area contributed by atoms with Gasteiger partial charge in [0.1, 0.15) is 11.6 Å². The van der Waals surface area contributed by atoms with Crippen molar-refractivity contribution in [3.8, 4) is 11.6 Å². The van der Waals surface area contributed by atoms with Crippen molar-refractivity contribution in [1.82, 2.24) is 4.98 Å². The highest BCUT2D eigenvalue weighted by Gasteiger charge is 2.12. The van der Waals surface area contributed by atoms with Gasteiger partial charge < -0.3 is 9.84 Å². The van der Waals surface area contributed by atoms with Crippen LogP contribution in [0.2, 0.25) is 5.02 Å². The first-order valence-electron chi connectivity index (χ1n) is 4.99. The van der Waals surface area contributed by atoms with E-state index >= 15 is 0 Å². The van der Waals surface area contributed by atoms with E-state index in [4.69, 9.17) is 21.4 Å². The lowest BCUT2D eigenvalue weighted by molar-refractivity contribution is 0.0696. The predicted molar refractivity (Wildman–Crippen MR) is 70.4 cm³/mol. The fourth-order valence-electron chi connectivity index (χ4n) is 1.30. The number of pyridine rings is 1. The van der Waals surface area contributed by atoms with Gasteiger partial charge in [-0.3, -0.25) is 0 Å². The molecule has 0 aliphatic rings. The van der Waals surface area contributed by atoms with E-state index < -0.39 is 11.8 Å². The van der Waals surface area contributed by atoms with Crippen molar-refractivity contribution in [2.24, 2.45) is 0 Å². The zero-order valence-corrected chi connectivity index (χ0v) is 11.6. The molecule has 4 nitrogen and oxygen atoms in total. The number of rotatable bonds is 3. The molecule has 2 aromatic rings. The molecule has 2 rings (SSSR count). The molecule has 98 valence electrons. The summed E-state index contributed by atoms with van der Waals surface area (Å²) >= 11 is 8.70. The number of carboxylic acids is 1. The van der Waals surface area contributed by atoms with Gasteiger partial charge in [0.05, 0.1) is 21.3 Å². The summed E-state index contributed by atoms with van der Waals surface area (Å²) in [6.07, 6.45) is 1.18. The molecule has 0 unspecified atom stereocenters. The van der Waals surface area contributed by atoms with Crippen LogP contribution in [0.25, 0.3) is 0 Å². The molecule has 0 spiro atoms. The van der Waals surface area contributed by atoms with E-state index in [2.05, 4.69) is 20.9 Å². The summed E-state index contributed by atoms with van der Waals surface area (Å²) in [5.41, 5.74) is -0.118. The molecule has 0 radical (unpaired) electrons. The molecule has 0 atom stereocenters. The van der Waals surface area contributed by atoms with Crippen molar-refractivity contribution in [2.75, 3.05) is 0 Å². The van der Waals surface area contributed by atoms with Gasteiger partial charge in [-0.1, -0.05) is 11.6 Å². The van der Waals surface area contributed by atoms with Crippen LogP contribution in [0, 0.1) is 5.82 Å². The molecule has 7 heteroatoms. The molecule has 0 amide bonds. The van der Waals surface area contributed by atoms with Crippen LogP contribution in [-0.4, -0.2) is 16.1 Å². The van der Waals surface area contributed by atoms with Gasteiger partial charge in [-0.2, -0.15) is 0 Å². The minimum Gasteiger partial charge on any atom is -0.478 e. The molecule has 1 aromatic heterocycles. The summed E-state index contributed by atoms with van der Waals surface area (Å²) in [7, 11) is 0. The van der Waals surface area contributed by atoms with Gasteiger partial charge in [0.2, 0.25) is 5.88 Å². The Morgan fingerprint density at radius 1 is 1.42 bits per heavy atom. The number of carboxylic acid groups (broad SMARTS) is 1. The largest absolute Gasteiger partial charge is 0.478 e. The van der Waals surface area contributed by atoms with Crippen LogP contribution in [-0.2, 0) is 0 Å². The van der Waals surface area contributed by atoms with E-state index in [1.807, 2.05) is 0 Å². The van der Waals surface area contributed by atoms with Crippen LogP contribution in [0.3, 0.4) is 0 Å². The maximum atomic E-state index is 13.0. The van der Waals surface area contributed by atoms with Gasteiger partial charge in [-0.15, -0.1) is 0 Å². The van der Waals surface area contributed by atoms with Gasteiger partial charge in [0.15, 0.2) is 0 Å². The van der Waals surface area contributed by atoms with E-state index in [0.717, 1.165) is 0 Å². The van der Waals surface area contributed by atoms with Crippen LogP contribution in [0.1, 0.15) is 10.4 Å². The van der Waals surface area contributed by atoms with E-state index in [9.17, 15) is 9.18 Å². The summed E-state index contributed by atoms with van der Waals surface area (Å²) in [6.45, 7) is 0. The van der Waals surface area contributed by atoms with Gasteiger partial charge in [-0.05, 0) is 34.1 Å². The molecular weight excluding hydrogens is 340 g/mol. The molecule has 0 fully saturated rings. The van der Waals surface area contributed by atoms with Crippen LogP contribution in [0.4, 0.5) is 4.39 Å². The zero-order valence-electron chi connectivity index (χ0n) is 9.23. The quantitative estimate of drug-likeness (QED) is 0.908. The Morgan fingerprint density at radius 2 is 2.16 bits per heavy atom. The Hall–Kier alpha value is -1.66. The average Bonchev–Trinajstić information content (AvgIpc) is 2.36. The molecule has 19 heavy (non-hydrogen) atoms. The second-order valence-electron chi connectivity index (χ2n) is 3.49. The third kappa shape index (κ3) is 3.21. The summed E-state index contributed by atoms with van der Waals surface area (Å²) in [6, 6.07) is 5.22. The Morgan fingerprint density at radius 3 is 2.79 bits per heavy atom. The van der Waals surface area contributed by atoms with Crippen molar-refractivity contribution in [3.63, 3.8) is 0 Å². The van der Waals surface area contributed by atoms with Gasteiger partial charge in [-0.25, -0.2) is 14.2 Å². The summed E-state index contributed by atoms with van der Waals surface area (Å²) in [5, 5.41) is 8.93. The molecule has 0 aliphatic carbocycles. The van der Waals surface area contributed by atoms with Crippen molar-refractivity contribution in [2.45, 2.75) is 0 Å². The number of halogens is 3. The van der Waals surface area contributed by atoms with Gasteiger partial charge in [0.25, 0.3) is 0 Å². The molecule has 1 heterocycles. The number of hydrogen-bond acceptors (Lipinski definition) is 3. The van der Waals surface area contributed by atoms with E-state index in [-0.39, 0.29) is 20.9 Å². The Bertz CT molecular complexity index is 651. The monoisotopic (exact) mass is 345 g/mol. The molecule has 1 aromatic carbocycles. The summed E-state index contributed by atoms with van der Waals surface area (Å²) < 4.78 is 18.6. The van der Waals surface area contributed by atoms with Crippen molar-refractivity contribution in [1.29, 1.82) is 0 Å². The highest BCUT2D eigenvalue weighted by molar-refractivity contribution is 9.10. The zero-order chi connectivity index (χ0) is 14.0. The second kappa shape index (κ2) is 5.54. The molecule has 0 bridgehead atoms. The number of benzene rings is 1. The first-order valence-corrected chi connectivity index (χ1v) is 6.16. The minimum absolute atomic E-state index is 0.0140. The Balaban J connectivity index is 2.30. The summed E-state index contributed by atoms with van der Waals surface area (Å²) in [4.78, 5) is 14.7. The van der Waals surface area contributed by atoms with Gasteiger partial charge in [0, 0.05) is 6.07 Å². The highest BCUT2D eigenvalue weighted by atomic mass is 79.9. The number of aromatic nitrogens is 1. The smallest absolute Gasteiger partial charge is 0.337 e. The maximum absolute atomic E-state index is 13.0. The van der Waals surface area contributed by atoms with E-state index in [1.165, 1.54) is 30.5 Å². The molecule has 0 aliphatic heterocycles. The van der Waals surface area contributed by atoms with Crippen molar-refractivity contribution >= 4 is 33.5 Å². The lowest BCUT2D eigenvalue weighted by Gasteiger charge is -2.06. The first kappa shape index (κ1) is 13.8. The predicted octanol–water partition coefficient (Wildman–Crippen LogP) is 4.13. The molecule has 0 saturated heterocycles. The highest BCUT2D eigenvalue weighted by Crippen LogP contribution is 2.27. The second-order valence-corrected chi connectivity index (χ2v) is 4.75. The van der Waals surface area contributed by atoms with E-state index in [0.29, 0.717) is 5.75 Å².